The Labute approximate surface area is 164 Å². The Hall–Kier alpha value is -1.95. The van der Waals surface area contributed by atoms with E-state index in [1.54, 1.807) is 6.07 Å². The Morgan fingerprint density at radius 1 is 1.00 bits per heavy atom. The van der Waals surface area contributed by atoms with Crippen LogP contribution in [-0.2, 0) is 16.0 Å². The highest BCUT2D eigenvalue weighted by Crippen LogP contribution is 2.38. The lowest BCUT2D eigenvalue weighted by molar-refractivity contribution is -0.139. The van der Waals surface area contributed by atoms with Crippen molar-refractivity contribution in [3.8, 4) is 11.5 Å². The minimum atomic E-state index is 0.0646. The van der Waals surface area contributed by atoms with Crippen LogP contribution in [0.1, 0.15) is 31.2 Å². The number of carbonyl (C=O) groups is 2. The molecule has 146 valence electrons. The summed E-state index contributed by atoms with van der Waals surface area (Å²) < 4.78 is 11.1. The molecule has 0 N–H and O–H groups in total. The van der Waals surface area contributed by atoms with Crippen LogP contribution in [0, 0.1) is 5.92 Å². The first kappa shape index (κ1) is 18.4. The zero-order chi connectivity index (χ0) is 18.8. The van der Waals surface area contributed by atoms with Gasteiger partial charge in [-0.05, 0) is 43.4 Å². The molecule has 0 aliphatic carbocycles. The van der Waals surface area contributed by atoms with E-state index < -0.39 is 0 Å². The van der Waals surface area contributed by atoms with Crippen molar-refractivity contribution >= 4 is 23.4 Å². The highest BCUT2D eigenvalue weighted by atomic mass is 35.5. The molecule has 2 saturated heterocycles. The third kappa shape index (κ3) is 4.00. The maximum Gasteiger partial charge on any atom is 0.226 e. The van der Waals surface area contributed by atoms with E-state index >= 15 is 0 Å². The second kappa shape index (κ2) is 7.97. The zero-order valence-corrected chi connectivity index (χ0v) is 16.2. The van der Waals surface area contributed by atoms with E-state index in [9.17, 15) is 9.59 Å². The molecule has 0 saturated carbocycles. The molecule has 0 aromatic heterocycles. The van der Waals surface area contributed by atoms with E-state index in [-0.39, 0.29) is 24.2 Å². The molecule has 0 unspecified atom stereocenters. The van der Waals surface area contributed by atoms with Gasteiger partial charge in [0, 0.05) is 32.1 Å². The number of halogens is 1. The Morgan fingerprint density at radius 3 is 2.44 bits per heavy atom. The Kier molecular flexibility index (Phi) is 5.43. The summed E-state index contributed by atoms with van der Waals surface area (Å²) in [5, 5.41) is 0.477. The summed E-state index contributed by atoms with van der Waals surface area (Å²) in [6, 6.07) is 3.61. The predicted octanol–water partition coefficient (Wildman–Crippen LogP) is 2.51. The smallest absolute Gasteiger partial charge is 0.226 e. The molecule has 1 aromatic rings. The van der Waals surface area contributed by atoms with Gasteiger partial charge in [-0.25, -0.2) is 0 Å². The Balaban J connectivity index is 1.33. The maximum atomic E-state index is 12.7. The highest BCUT2D eigenvalue weighted by molar-refractivity contribution is 6.32. The third-order valence-corrected chi connectivity index (χ3v) is 5.91. The van der Waals surface area contributed by atoms with Gasteiger partial charge in [-0.1, -0.05) is 11.6 Å². The topological polar surface area (TPSA) is 59.1 Å². The molecule has 4 rings (SSSR count). The molecule has 3 aliphatic heterocycles. The number of fused-ring (bicyclic) bond motifs is 1. The number of rotatable bonds is 3. The van der Waals surface area contributed by atoms with Crippen LogP contribution in [0.25, 0.3) is 0 Å². The molecule has 3 aliphatic rings. The number of hydrogen-bond acceptors (Lipinski definition) is 4. The molecule has 1 aromatic carbocycles. The van der Waals surface area contributed by atoms with Gasteiger partial charge >= 0.3 is 0 Å². The van der Waals surface area contributed by atoms with Gasteiger partial charge in [-0.15, -0.1) is 0 Å². The van der Waals surface area contributed by atoms with Crippen LogP contribution in [-0.4, -0.2) is 61.0 Å². The Morgan fingerprint density at radius 2 is 1.70 bits per heavy atom. The summed E-state index contributed by atoms with van der Waals surface area (Å²) >= 11 is 6.26. The number of ether oxygens (including phenoxy) is 2. The summed E-state index contributed by atoms with van der Waals surface area (Å²) in [4.78, 5) is 29.1. The molecular weight excluding hydrogens is 368 g/mol. The summed E-state index contributed by atoms with van der Waals surface area (Å²) in [6.45, 7) is 4.03. The fourth-order valence-electron chi connectivity index (χ4n) is 4.12. The van der Waals surface area contributed by atoms with Gasteiger partial charge in [0.15, 0.2) is 11.5 Å². The predicted molar refractivity (Wildman–Crippen MR) is 101 cm³/mol. The molecular formula is C20H25ClN2O4. The first-order valence-electron chi connectivity index (χ1n) is 9.76. The Bertz CT molecular complexity index is 725. The molecule has 27 heavy (non-hydrogen) atoms. The largest absolute Gasteiger partial charge is 0.486 e. The molecule has 7 heteroatoms. The monoisotopic (exact) mass is 392 g/mol. The zero-order valence-electron chi connectivity index (χ0n) is 15.4. The van der Waals surface area contributed by atoms with Crippen molar-refractivity contribution < 1.29 is 19.1 Å². The minimum absolute atomic E-state index is 0.0646. The van der Waals surface area contributed by atoms with Crippen molar-refractivity contribution in [2.75, 3.05) is 39.4 Å². The number of piperidine rings is 1. The van der Waals surface area contributed by atoms with Crippen molar-refractivity contribution in [3.63, 3.8) is 0 Å². The number of nitrogens with zero attached hydrogens (tertiary/aromatic N) is 2. The van der Waals surface area contributed by atoms with Gasteiger partial charge in [0.05, 0.1) is 11.4 Å². The molecule has 0 radical (unpaired) electrons. The quantitative estimate of drug-likeness (QED) is 0.793. The molecule has 0 spiro atoms. The average molecular weight is 393 g/mol. The lowest BCUT2D eigenvalue weighted by Crippen LogP contribution is -2.44. The SMILES string of the molecule is O=C(Cc1cc(Cl)c2c(c1)OCCO2)N1CCC(C(=O)N2CCCC2)CC1. The first-order chi connectivity index (χ1) is 13.1. The molecule has 3 heterocycles. The van der Waals surface area contributed by atoms with Crippen LogP contribution in [0.4, 0.5) is 0 Å². The van der Waals surface area contributed by atoms with Crippen LogP contribution < -0.4 is 9.47 Å². The van der Waals surface area contributed by atoms with E-state index in [0.29, 0.717) is 42.8 Å². The lowest BCUT2D eigenvalue weighted by Gasteiger charge is -2.33. The molecule has 2 fully saturated rings. The number of hydrogen-bond donors (Lipinski definition) is 0. The molecule has 0 atom stereocenters. The van der Waals surface area contributed by atoms with Crippen LogP contribution >= 0.6 is 11.6 Å². The van der Waals surface area contributed by atoms with E-state index in [0.717, 1.165) is 44.3 Å². The fraction of sp³-hybridized carbons (Fsp3) is 0.600. The van der Waals surface area contributed by atoms with Gasteiger partial charge in [0.25, 0.3) is 0 Å². The normalized spacial score (nSPS) is 20.0. The second-order valence-electron chi connectivity index (χ2n) is 7.47. The van der Waals surface area contributed by atoms with E-state index in [1.807, 2.05) is 15.9 Å². The lowest BCUT2D eigenvalue weighted by atomic mass is 9.95. The van der Waals surface area contributed by atoms with E-state index in [4.69, 9.17) is 21.1 Å². The van der Waals surface area contributed by atoms with Gasteiger partial charge in [-0.3, -0.25) is 9.59 Å². The number of amides is 2. The second-order valence-corrected chi connectivity index (χ2v) is 7.87. The average Bonchev–Trinajstić information content (AvgIpc) is 3.22. The van der Waals surface area contributed by atoms with Crippen LogP contribution in [0.5, 0.6) is 11.5 Å². The summed E-state index contributed by atoms with van der Waals surface area (Å²) in [7, 11) is 0. The minimum Gasteiger partial charge on any atom is -0.486 e. The van der Waals surface area contributed by atoms with Crippen molar-refractivity contribution in [2.24, 2.45) is 5.92 Å². The van der Waals surface area contributed by atoms with Crippen molar-refractivity contribution in [1.29, 1.82) is 0 Å². The fourth-order valence-corrected chi connectivity index (χ4v) is 4.41. The summed E-state index contributed by atoms with van der Waals surface area (Å²) in [5.74, 6) is 1.57. The van der Waals surface area contributed by atoms with Gasteiger partial charge < -0.3 is 19.3 Å². The third-order valence-electron chi connectivity index (χ3n) is 5.63. The van der Waals surface area contributed by atoms with Gasteiger partial charge in [0.2, 0.25) is 11.8 Å². The summed E-state index contributed by atoms with van der Waals surface area (Å²) in [6.07, 6.45) is 4.01. The number of likely N-dealkylation sites (tertiary alicyclic amines) is 2. The van der Waals surface area contributed by atoms with Crippen molar-refractivity contribution in [1.82, 2.24) is 9.80 Å². The number of carbonyl (C=O) groups excluding carboxylic acids is 2. The van der Waals surface area contributed by atoms with Gasteiger partial charge in [-0.2, -0.15) is 0 Å². The van der Waals surface area contributed by atoms with Crippen molar-refractivity contribution in [3.05, 3.63) is 22.7 Å². The van der Waals surface area contributed by atoms with Crippen LogP contribution in [0.3, 0.4) is 0 Å². The van der Waals surface area contributed by atoms with E-state index in [2.05, 4.69) is 0 Å². The first-order valence-corrected chi connectivity index (χ1v) is 10.1. The number of benzene rings is 1. The molecule has 2 amide bonds. The molecule has 0 bridgehead atoms. The van der Waals surface area contributed by atoms with Crippen LogP contribution in [0.2, 0.25) is 5.02 Å². The maximum absolute atomic E-state index is 12.7. The van der Waals surface area contributed by atoms with E-state index in [1.165, 1.54) is 0 Å². The van der Waals surface area contributed by atoms with Gasteiger partial charge in [0.1, 0.15) is 13.2 Å². The highest BCUT2D eigenvalue weighted by Gasteiger charge is 2.31. The van der Waals surface area contributed by atoms with Crippen LogP contribution in [0.15, 0.2) is 12.1 Å². The summed E-state index contributed by atoms with van der Waals surface area (Å²) in [5.41, 5.74) is 0.824. The standard InChI is InChI=1S/C20H25ClN2O4/c21-16-11-14(12-17-19(16)27-10-9-26-17)13-18(24)22-7-3-15(4-8-22)20(25)23-5-1-2-6-23/h11-12,15H,1-10,13H2. The van der Waals surface area contributed by atoms with Crippen molar-refractivity contribution in [2.45, 2.75) is 32.1 Å². The molecule has 6 nitrogen and oxygen atoms in total.